The van der Waals surface area contributed by atoms with Gasteiger partial charge < -0.3 is 4.74 Å². The summed E-state index contributed by atoms with van der Waals surface area (Å²) in [6.07, 6.45) is 3.69. The molecule has 1 fully saturated rings. The lowest BCUT2D eigenvalue weighted by Crippen LogP contribution is -2.05. The first-order chi connectivity index (χ1) is 12.6. The second kappa shape index (κ2) is 6.97. The van der Waals surface area contributed by atoms with Gasteiger partial charge in [0.2, 0.25) is 4.77 Å². The molecule has 134 valence electrons. The van der Waals surface area contributed by atoms with Crippen molar-refractivity contribution in [3.05, 3.63) is 57.9 Å². The molecule has 26 heavy (non-hydrogen) atoms. The van der Waals surface area contributed by atoms with Crippen molar-refractivity contribution in [3.63, 3.8) is 0 Å². The lowest BCUT2D eigenvalue weighted by Gasteiger charge is -2.07. The van der Waals surface area contributed by atoms with E-state index in [2.05, 4.69) is 20.4 Å². The average molecular weight is 368 g/mol. The summed E-state index contributed by atoms with van der Waals surface area (Å²) >= 11 is 5.33. The molecule has 1 aliphatic heterocycles. The topological polar surface area (TPSA) is 73.0 Å². The van der Waals surface area contributed by atoms with Crippen LogP contribution in [0.15, 0.2) is 35.4 Å². The number of ether oxygens (including phenoxy) is 1. The highest BCUT2D eigenvalue weighted by atomic mass is 32.1. The van der Waals surface area contributed by atoms with Crippen LogP contribution in [0.25, 0.3) is 5.69 Å². The molecule has 1 saturated heterocycles. The Morgan fingerprint density at radius 1 is 1.31 bits per heavy atom. The molecule has 0 radical (unpaired) electrons. The third-order valence-corrected chi connectivity index (χ3v) is 4.81. The summed E-state index contributed by atoms with van der Waals surface area (Å²) < 4.78 is 9.74. The van der Waals surface area contributed by atoms with Gasteiger partial charge in [-0.15, -0.1) is 0 Å². The molecule has 4 rings (SSSR count). The minimum atomic E-state index is -0.0608. The summed E-state index contributed by atoms with van der Waals surface area (Å²) in [5.74, 6) is 0.717. The maximum atomic E-state index is 5.71. The van der Waals surface area contributed by atoms with Crippen LogP contribution >= 0.6 is 12.2 Å². The molecular formula is C18H20N6OS. The smallest absolute Gasteiger partial charge is 0.216 e. The van der Waals surface area contributed by atoms with Crippen molar-refractivity contribution in [3.8, 4) is 5.69 Å². The quantitative estimate of drug-likeness (QED) is 0.565. The summed E-state index contributed by atoms with van der Waals surface area (Å²) in [5.41, 5.74) is 3.91. The van der Waals surface area contributed by atoms with E-state index < -0.39 is 0 Å². The zero-order valence-corrected chi connectivity index (χ0v) is 15.5. The minimum Gasteiger partial charge on any atom is -0.370 e. The van der Waals surface area contributed by atoms with Crippen molar-refractivity contribution in [2.75, 3.05) is 6.61 Å². The van der Waals surface area contributed by atoms with Crippen LogP contribution in [0, 0.1) is 18.6 Å². The zero-order chi connectivity index (χ0) is 18.1. The summed E-state index contributed by atoms with van der Waals surface area (Å²) in [6, 6.07) is 10.0. The first kappa shape index (κ1) is 16.9. The lowest BCUT2D eigenvalue weighted by molar-refractivity contribution is 0.102. The van der Waals surface area contributed by atoms with E-state index in [1.807, 2.05) is 48.9 Å². The van der Waals surface area contributed by atoms with Crippen LogP contribution < -0.4 is 0 Å². The van der Waals surface area contributed by atoms with Gasteiger partial charge in [-0.05, 0) is 51.0 Å². The van der Waals surface area contributed by atoms with Crippen molar-refractivity contribution in [1.29, 1.82) is 0 Å². The van der Waals surface area contributed by atoms with Crippen LogP contribution in [-0.2, 0) is 4.74 Å². The van der Waals surface area contributed by atoms with E-state index in [9.17, 15) is 0 Å². The largest absolute Gasteiger partial charge is 0.370 e. The van der Waals surface area contributed by atoms with Gasteiger partial charge in [0.05, 0.1) is 23.3 Å². The maximum Gasteiger partial charge on any atom is 0.216 e. The highest BCUT2D eigenvalue weighted by Gasteiger charge is 2.23. The number of nitrogens with one attached hydrogen (secondary N) is 1. The van der Waals surface area contributed by atoms with Crippen LogP contribution in [0.4, 0.5) is 0 Å². The third-order valence-electron chi connectivity index (χ3n) is 4.54. The SMILES string of the molecule is Cc1nn(-c2ccccc2)c(C)c1C=Nn1c([C@@H]2CCCO2)n[nH]c1=S. The molecule has 7 nitrogen and oxygen atoms in total. The second-order valence-electron chi connectivity index (χ2n) is 6.28. The van der Waals surface area contributed by atoms with Gasteiger partial charge in [-0.1, -0.05) is 18.2 Å². The number of rotatable bonds is 4. The fraction of sp³-hybridized carbons (Fsp3) is 0.333. The molecule has 1 N–H and O–H groups in total. The molecule has 1 aromatic carbocycles. The Bertz CT molecular complexity index is 995. The summed E-state index contributed by atoms with van der Waals surface area (Å²) in [5, 5.41) is 16.3. The van der Waals surface area contributed by atoms with Gasteiger partial charge in [-0.25, -0.2) is 4.68 Å². The number of hydrogen-bond acceptors (Lipinski definition) is 5. The fourth-order valence-corrected chi connectivity index (χ4v) is 3.37. The Balaban J connectivity index is 1.69. The van der Waals surface area contributed by atoms with Crippen molar-refractivity contribution in [1.82, 2.24) is 24.7 Å². The second-order valence-corrected chi connectivity index (χ2v) is 6.66. The fourth-order valence-electron chi connectivity index (χ4n) is 3.18. The minimum absolute atomic E-state index is 0.0608. The van der Waals surface area contributed by atoms with Gasteiger partial charge >= 0.3 is 0 Å². The Hall–Kier alpha value is -2.58. The Morgan fingerprint density at radius 2 is 2.12 bits per heavy atom. The van der Waals surface area contributed by atoms with E-state index in [4.69, 9.17) is 17.0 Å². The Labute approximate surface area is 156 Å². The number of nitrogens with zero attached hydrogens (tertiary/aromatic N) is 5. The van der Waals surface area contributed by atoms with Crippen molar-refractivity contribution >= 4 is 18.4 Å². The molecule has 8 heteroatoms. The van der Waals surface area contributed by atoms with Gasteiger partial charge in [0.25, 0.3) is 0 Å². The van der Waals surface area contributed by atoms with Crippen LogP contribution in [0.2, 0.25) is 0 Å². The van der Waals surface area contributed by atoms with Gasteiger partial charge in [-0.2, -0.15) is 20.0 Å². The van der Waals surface area contributed by atoms with Crippen LogP contribution in [0.3, 0.4) is 0 Å². The zero-order valence-electron chi connectivity index (χ0n) is 14.7. The van der Waals surface area contributed by atoms with E-state index in [-0.39, 0.29) is 6.10 Å². The number of aromatic amines is 1. The number of H-pyrrole nitrogens is 1. The number of aromatic nitrogens is 5. The van der Waals surface area contributed by atoms with Crippen molar-refractivity contribution in [2.24, 2.45) is 5.10 Å². The molecule has 0 unspecified atom stereocenters. The van der Waals surface area contributed by atoms with E-state index in [0.717, 1.165) is 47.9 Å². The molecule has 0 amide bonds. The standard InChI is InChI=1S/C18H20N6OS/c1-12-15(13(2)23(22-12)14-7-4-3-5-8-14)11-19-24-17(20-21-18(24)26)16-9-6-10-25-16/h3-5,7-8,11,16H,6,9-10H2,1-2H3,(H,21,26)/t16-/m0/s1. The highest BCUT2D eigenvalue weighted by molar-refractivity contribution is 7.71. The molecule has 0 spiro atoms. The molecule has 1 atom stereocenters. The molecule has 3 aromatic rings. The van der Waals surface area contributed by atoms with Gasteiger partial charge in [-0.3, -0.25) is 5.10 Å². The summed E-state index contributed by atoms with van der Waals surface area (Å²) in [4.78, 5) is 0. The van der Waals surface area contributed by atoms with E-state index in [0.29, 0.717) is 4.77 Å². The predicted molar refractivity (Wildman–Crippen MR) is 101 cm³/mol. The van der Waals surface area contributed by atoms with Gasteiger partial charge in [0.15, 0.2) is 5.82 Å². The predicted octanol–water partition coefficient (Wildman–Crippen LogP) is 3.48. The molecule has 3 heterocycles. The highest BCUT2D eigenvalue weighted by Crippen LogP contribution is 2.27. The summed E-state index contributed by atoms with van der Waals surface area (Å²) in [6.45, 7) is 4.75. The van der Waals surface area contributed by atoms with Crippen LogP contribution in [-0.4, -0.2) is 37.5 Å². The van der Waals surface area contributed by atoms with Crippen LogP contribution in [0.1, 0.15) is 41.7 Å². The lowest BCUT2D eigenvalue weighted by atomic mass is 10.2. The van der Waals surface area contributed by atoms with Crippen LogP contribution in [0.5, 0.6) is 0 Å². The Morgan fingerprint density at radius 3 is 2.85 bits per heavy atom. The number of aryl methyl sites for hydroxylation is 1. The maximum absolute atomic E-state index is 5.71. The molecule has 0 aliphatic carbocycles. The first-order valence-electron chi connectivity index (χ1n) is 8.60. The van der Waals surface area contributed by atoms with Gasteiger partial charge in [0, 0.05) is 12.2 Å². The molecule has 1 aliphatic rings. The molecular weight excluding hydrogens is 348 g/mol. The molecule has 0 bridgehead atoms. The number of para-hydroxylation sites is 1. The Kier molecular flexibility index (Phi) is 4.52. The number of hydrogen-bond donors (Lipinski definition) is 1. The van der Waals surface area contributed by atoms with Gasteiger partial charge in [0.1, 0.15) is 6.10 Å². The van der Waals surface area contributed by atoms with E-state index in [1.54, 1.807) is 10.9 Å². The van der Waals surface area contributed by atoms with Crippen molar-refractivity contribution in [2.45, 2.75) is 32.8 Å². The van der Waals surface area contributed by atoms with E-state index >= 15 is 0 Å². The summed E-state index contributed by atoms with van der Waals surface area (Å²) in [7, 11) is 0. The normalized spacial score (nSPS) is 17.4. The first-order valence-corrected chi connectivity index (χ1v) is 9.01. The third kappa shape index (κ3) is 3.02. The average Bonchev–Trinajstić information content (AvgIpc) is 3.36. The van der Waals surface area contributed by atoms with Crippen molar-refractivity contribution < 1.29 is 4.74 Å². The molecule has 0 saturated carbocycles. The number of benzene rings is 1. The van der Waals surface area contributed by atoms with E-state index in [1.165, 1.54) is 0 Å². The molecule has 2 aromatic heterocycles. The monoisotopic (exact) mass is 368 g/mol.